The summed E-state index contributed by atoms with van der Waals surface area (Å²) in [4.78, 5) is 39.0. The molecule has 33 heavy (non-hydrogen) atoms. The second kappa shape index (κ2) is 10.8. The van der Waals surface area contributed by atoms with E-state index >= 15 is 0 Å². The minimum absolute atomic E-state index is 0.204. The van der Waals surface area contributed by atoms with Gasteiger partial charge in [0.15, 0.2) is 5.58 Å². The average Bonchev–Trinajstić information content (AvgIpc) is 3.11. The van der Waals surface area contributed by atoms with Gasteiger partial charge in [0.1, 0.15) is 0 Å². The molecule has 0 aliphatic rings. The van der Waals surface area contributed by atoms with Crippen molar-refractivity contribution in [2.24, 2.45) is 0 Å². The minimum atomic E-state index is -0.547. The van der Waals surface area contributed by atoms with E-state index in [2.05, 4.69) is 15.5 Å². The lowest BCUT2D eigenvalue weighted by atomic mass is 10.1. The molecule has 3 rings (SSSR count). The summed E-state index contributed by atoms with van der Waals surface area (Å²) >= 11 is 0. The zero-order valence-electron chi connectivity index (χ0n) is 19.4. The number of fused-ring (bicyclic) bond motifs is 1. The van der Waals surface area contributed by atoms with Crippen LogP contribution in [0.3, 0.4) is 0 Å². The van der Waals surface area contributed by atoms with Crippen LogP contribution in [0.4, 0.5) is 10.5 Å². The zero-order chi connectivity index (χ0) is 24.0. The second-order valence-electron chi connectivity index (χ2n) is 7.98. The van der Waals surface area contributed by atoms with Crippen molar-refractivity contribution in [2.45, 2.75) is 26.3 Å². The van der Waals surface area contributed by atoms with Gasteiger partial charge in [-0.05, 0) is 76.8 Å². The summed E-state index contributed by atoms with van der Waals surface area (Å²) in [6.45, 7) is 5.29. The summed E-state index contributed by atoms with van der Waals surface area (Å²) in [5.74, 6) is -0.728. The van der Waals surface area contributed by atoms with Crippen LogP contribution < -0.4 is 16.4 Å². The Morgan fingerprint density at radius 3 is 2.70 bits per heavy atom. The molecule has 9 nitrogen and oxygen atoms in total. The molecule has 0 radical (unpaired) electrons. The summed E-state index contributed by atoms with van der Waals surface area (Å²) in [6.07, 6.45) is 0.291. The predicted molar refractivity (Wildman–Crippen MR) is 127 cm³/mol. The largest absolute Gasteiger partial charge is 0.450 e. The van der Waals surface area contributed by atoms with Crippen LogP contribution in [0.25, 0.3) is 11.1 Å². The highest BCUT2D eigenvalue weighted by Crippen LogP contribution is 2.25. The highest BCUT2D eigenvalue weighted by molar-refractivity contribution is 5.97. The summed E-state index contributed by atoms with van der Waals surface area (Å²) in [5.41, 5.74) is 2.71. The smallest absolute Gasteiger partial charge is 0.420 e. The molecular formula is C24H30N4O5. The number of ether oxygens (including phenoxy) is 1. The quantitative estimate of drug-likeness (QED) is 0.480. The summed E-state index contributed by atoms with van der Waals surface area (Å²) in [6, 6.07) is 11.7. The monoisotopic (exact) mass is 454 g/mol. The lowest BCUT2D eigenvalue weighted by Crippen LogP contribution is -2.27. The first-order valence-corrected chi connectivity index (χ1v) is 10.9. The lowest BCUT2D eigenvalue weighted by Gasteiger charge is -2.15. The highest BCUT2D eigenvalue weighted by atomic mass is 16.5. The van der Waals surface area contributed by atoms with Crippen molar-refractivity contribution < 1.29 is 18.7 Å². The van der Waals surface area contributed by atoms with E-state index in [0.29, 0.717) is 28.9 Å². The third-order valence-corrected chi connectivity index (χ3v) is 5.22. The maximum Gasteiger partial charge on any atom is 0.420 e. The Morgan fingerprint density at radius 2 is 1.97 bits per heavy atom. The molecule has 3 aromatic rings. The van der Waals surface area contributed by atoms with Crippen molar-refractivity contribution in [1.29, 1.82) is 0 Å². The van der Waals surface area contributed by atoms with E-state index in [1.54, 1.807) is 43.3 Å². The standard InChI is InChI=1S/C24H30N4O5/c1-5-32-23(30)26-19-9-6-8-17(14-19)16(2)28-20-15-18(10-11-21(20)33-24(28)31)22(29)25-12-7-13-27(3)4/h6,8-11,14-16H,5,7,12-13H2,1-4H3,(H,25,29)(H,26,30). The van der Waals surface area contributed by atoms with Gasteiger partial charge in [0.05, 0.1) is 18.2 Å². The summed E-state index contributed by atoms with van der Waals surface area (Å²) < 4.78 is 11.8. The van der Waals surface area contributed by atoms with Crippen molar-refractivity contribution in [1.82, 2.24) is 14.8 Å². The first-order valence-electron chi connectivity index (χ1n) is 10.9. The fourth-order valence-electron chi connectivity index (χ4n) is 3.55. The Hall–Kier alpha value is -3.59. The van der Waals surface area contributed by atoms with E-state index in [1.807, 2.05) is 27.1 Å². The Labute approximate surface area is 192 Å². The molecule has 2 aromatic carbocycles. The van der Waals surface area contributed by atoms with Crippen molar-refractivity contribution in [3.05, 3.63) is 64.1 Å². The molecule has 2 amide bonds. The van der Waals surface area contributed by atoms with Crippen LogP contribution in [0.15, 0.2) is 51.7 Å². The maximum atomic E-state index is 12.7. The number of carbonyl (C=O) groups excluding carboxylic acids is 2. The summed E-state index contributed by atoms with van der Waals surface area (Å²) in [5, 5.41) is 5.57. The van der Waals surface area contributed by atoms with Gasteiger partial charge < -0.3 is 19.4 Å². The van der Waals surface area contributed by atoms with Gasteiger partial charge in [-0.3, -0.25) is 14.7 Å². The van der Waals surface area contributed by atoms with Crippen LogP contribution in [0.2, 0.25) is 0 Å². The molecule has 0 spiro atoms. The van der Waals surface area contributed by atoms with E-state index in [1.165, 1.54) is 4.57 Å². The van der Waals surface area contributed by atoms with Crippen LogP contribution in [-0.2, 0) is 4.74 Å². The first kappa shape index (κ1) is 24.1. The van der Waals surface area contributed by atoms with Gasteiger partial charge in [-0.25, -0.2) is 9.59 Å². The van der Waals surface area contributed by atoms with Crippen molar-refractivity contribution >= 4 is 28.8 Å². The number of anilines is 1. The molecule has 1 heterocycles. The molecular weight excluding hydrogens is 424 g/mol. The zero-order valence-corrected chi connectivity index (χ0v) is 19.4. The molecule has 1 aromatic heterocycles. The third-order valence-electron chi connectivity index (χ3n) is 5.22. The van der Waals surface area contributed by atoms with Crippen molar-refractivity contribution in [2.75, 3.05) is 39.1 Å². The molecule has 1 unspecified atom stereocenters. The Balaban J connectivity index is 1.85. The van der Waals surface area contributed by atoms with Crippen LogP contribution in [0.5, 0.6) is 0 Å². The third kappa shape index (κ3) is 6.01. The van der Waals surface area contributed by atoms with Gasteiger partial charge in [0, 0.05) is 17.8 Å². The number of hydrogen-bond acceptors (Lipinski definition) is 6. The normalized spacial score (nSPS) is 12.0. The number of nitrogens with one attached hydrogen (secondary N) is 2. The number of hydrogen-bond donors (Lipinski definition) is 2. The second-order valence-corrected chi connectivity index (χ2v) is 7.98. The molecule has 0 aliphatic heterocycles. The Bertz CT molecular complexity index is 1180. The molecule has 0 bridgehead atoms. The van der Waals surface area contributed by atoms with Gasteiger partial charge in [0.2, 0.25) is 0 Å². The average molecular weight is 455 g/mol. The molecule has 0 saturated heterocycles. The molecule has 1 atom stereocenters. The number of nitrogens with zero attached hydrogens (tertiary/aromatic N) is 2. The maximum absolute atomic E-state index is 12.7. The van der Waals surface area contributed by atoms with Crippen molar-refractivity contribution in [3.8, 4) is 0 Å². The molecule has 0 aliphatic carbocycles. The van der Waals surface area contributed by atoms with Gasteiger partial charge in [-0.2, -0.15) is 0 Å². The minimum Gasteiger partial charge on any atom is -0.450 e. The highest BCUT2D eigenvalue weighted by Gasteiger charge is 2.19. The van der Waals surface area contributed by atoms with Crippen LogP contribution in [0.1, 0.15) is 42.2 Å². The molecule has 0 saturated carbocycles. The number of oxazole rings is 1. The molecule has 176 valence electrons. The number of rotatable bonds is 9. The fourth-order valence-corrected chi connectivity index (χ4v) is 3.55. The van der Waals surface area contributed by atoms with Gasteiger partial charge >= 0.3 is 11.8 Å². The van der Waals surface area contributed by atoms with Gasteiger partial charge in [0.25, 0.3) is 5.91 Å². The summed E-state index contributed by atoms with van der Waals surface area (Å²) in [7, 11) is 3.97. The first-order chi connectivity index (χ1) is 15.8. The molecule has 2 N–H and O–H groups in total. The van der Waals surface area contributed by atoms with E-state index in [-0.39, 0.29) is 12.5 Å². The number of aromatic nitrogens is 1. The Morgan fingerprint density at radius 1 is 1.18 bits per heavy atom. The fraction of sp³-hybridized carbons (Fsp3) is 0.375. The van der Waals surface area contributed by atoms with Crippen LogP contribution in [0, 0.1) is 0 Å². The van der Waals surface area contributed by atoms with E-state index in [4.69, 9.17) is 9.15 Å². The van der Waals surface area contributed by atoms with Crippen molar-refractivity contribution in [3.63, 3.8) is 0 Å². The number of amides is 2. The van der Waals surface area contributed by atoms with Crippen LogP contribution >= 0.6 is 0 Å². The van der Waals surface area contributed by atoms with Gasteiger partial charge in [-0.1, -0.05) is 12.1 Å². The van der Waals surface area contributed by atoms with Crippen LogP contribution in [-0.4, -0.2) is 55.3 Å². The lowest BCUT2D eigenvalue weighted by molar-refractivity contribution is 0.0952. The molecule has 0 fully saturated rings. The SMILES string of the molecule is CCOC(=O)Nc1cccc(C(C)n2c(=O)oc3ccc(C(=O)NCCCN(C)C)cc32)c1. The molecule has 9 heteroatoms. The van der Waals surface area contributed by atoms with E-state index in [0.717, 1.165) is 18.5 Å². The number of benzene rings is 2. The van der Waals surface area contributed by atoms with E-state index < -0.39 is 17.9 Å². The number of carbonyl (C=O) groups is 2. The predicted octanol–water partition coefficient (Wildman–Crippen LogP) is 3.45. The van der Waals surface area contributed by atoms with Gasteiger partial charge in [-0.15, -0.1) is 0 Å². The topological polar surface area (TPSA) is 106 Å². The van der Waals surface area contributed by atoms with E-state index in [9.17, 15) is 14.4 Å². The Kier molecular flexibility index (Phi) is 7.89.